The zero-order valence-electron chi connectivity index (χ0n) is 10.8. The summed E-state index contributed by atoms with van der Waals surface area (Å²) in [6.45, 7) is 4.17. The van der Waals surface area contributed by atoms with E-state index in [1.807, 2.05) is 6.07 Å². The van der Waals surface area contributed by atoms with E-state index in [9.17, 15) is 0 Å². The summed E-state index contributed by atoms with van der Waals surface area (Å²) in [5, 5.41) is 0.649. The van der Waals surface area contributed by atoms with Crippen molar-refractivity contribution in [3.05, 3.63) is 22.2 Å². The van der Waals surface area contributed by atoms with Crippen molar-refractivity contribution in [3.8, 4) is 11.5 Å². The molecule has 1 aromatic rings. The second-order valence-electron chi connectivity index (χ2n) is 4.45. The molecule has 3 nitrogen and oxygen atoms in total. The van der Waals surface area contributed by atoms with Crippen LogP contribution >= 0.6 is 11.6 Å². The van der Waals surface area contributed by atoms with Gasteiger partial charge in [0, 0.05) is 12.0 Å². The molecule has 0 fully saturated rings. The Morgan fingerprint density at radius 1 is 1.28 bits per heavy atom. The first-order valence-corrected chi connectivity index (χ1v) is 6.95. The van der Waals surface area contributed by atoms with Crippen LogP contribution in [0.1, 0.15) is 30.9 Å². The summed E-state index contributed by atoms with van der Waals surface area (Å²) in [5.41, 5.74) is 8.03. The standard InChI is InChI=1S/C14H20ClNO2/c1-2-11-10(5-3-6-16)9-12(15)14-13(11)17-7-4-8-18-14/h9H,2-8,16H2,1H3. The lowest BCUT2D eigenvalue weighted by molar-refractivity contribution is 0.296. The predicted octanol–water partition coefficient (Wildman–Crippen LogP) is 2.96. The molecular formula is C14H20ClNO2. The smallest absolute Gasteiger partial charge is 0.180 e. The fourth-order valence-electron chi connectivity index (χ4n) is 2.29. The Labute approximate surface area is 113 Å². The minimum atomic E-state index is 0.649. The first kappa shape index (κ1) is 13.5. The SMILES string of the molecule is CCc1c(CCCN)cc(Cl)c2c1OCCCO2. The number of benzene rings is 1. The van der Waals surface area contributed by atoms with Crippen LogP contribution in [0.2, 0.25) is 5.02 Å². The van der Waals surface area contributed by atoms with Crippen molar-refractivity contribution in [3.63, 3.8) is 0 Å². The molecule has 0 unspecified atom stereocenters. The molecule has 4 heteroatoms. The zero-order chi connectivity index (χ0) is 13.0. The lowest BCUT2D eigenvalue weighted by Gasteiger charge is -2.17. The minimum Gasteiger partial charge on any atom is -0.489 e. The van der Waals surface area contributed by atoms with Crippen molar-refractivity contribution in [2.24, 2.45) is 5.73 Å². The van der Waals surface area contributed by atoms with Crippen LogP contribution in [0.5, 0.6) is 11.5 Å². The molecule has 0 radical (unpaired) electrons. The second-order valence-corrected chi connectivity index (χ2v) is 4.86. The normalized spacial score (nSPS) is 14.4. The quantitative estimate of drug-likeness (QED) is 0.914. The first-order valence-electron chi connectivity index (χ1n) is 6.57. The van der Waals surface area contributed by atoms with Gasteiger partial charge >= 0.3 is 0 Å². The summed E-state index contributed by atoms with van der Waals surface area (Å²) in [6.07, 6.45) is 3.72. The molecule has 0 bridgehead atoms. The summed E-state index contributed by atoms with van der Waals surface area (Å²) in [5.74, 6) is 1.55. The minimum absolute atomic E-state index is 0.649. The maximum absolute atomic E-state index is 6.29. The van der Waals surface area contributed by atoms with Crippen LogP contribution < -0.4 is 15.2 Å². The number of nitrogens with two attached hydrogens (primary N) is 1. The van der Waals surface area contributed by atoms with E-state index >= 15 is 0 Å². The van der Waals surface area contributed by atoms with Crippen LogP contribution in [-0.4, -0.2) is 19.8 Å². The van der Waals surface area contributed by atoms with Gasteiger partial charge in [-0.05, 0) is 37.4 Å². The molecule has 100 valence electrons. The Morgan fingerprint density at radius 2 is 2.00 bits per heavy atom. The number of fused-ring (bicyclic) bond motifs is 1. The predicted molar refractivity (Wildman–Crippen MR) is 73.8 cm³/mol. The van der Waals surface area contributed by atoms with Crippen LogP contribution in [0.4, 0.5) is 0 Å². The van der Waals surface area contributed by atoms with E-state index in [0.29, 0.717) is 30.5 Å². The molecule has 1 heterocycles. The van der Waals surface area contributed by atoms with Gasteiger partial charge in [-0.15, -0.1) is 0 Å². The molecule has 0 aliphatic carbocycles. The van der Waals surface area contributed by atoms with E-state index in [4.69, 9.17) is 26.8 Å². The molecule has 1 aromatic carbocycles. The van der Waals surface area contributed by atoms with E-state index < -0.39 is 0 Å². The molecule has 0 saturated heterocycles. The lowest BCUT2D eigenvalue weighted by atomic mass is 9.99. The summed E-state index contributed by atoms with van der Waals surface area (Å²) >= 11 is 6.29. The van der Waals surface area contributed by atoms with Gasteiger partial charge in [0.25, 0.3) is 0 Å². The molecule has 2 rings (SSSR count). The van der Waals surface area contributed by atoms with Crippen LogP contribution in [-0.2, 0) is 12.8 Å². The average molecular weight is 270 g/mol. The van der Waals surface area contributed by atoms with Crippen molar-refractivity contribution in [1.82, 2.24) is 0 Å². The lowest BCUT2D eigenvalue weighted by Crippen LogP contribution is -2.05. The highest BCUT2D eigenvalue weighted by molar-refractivity contribution is 6.32. The number of rotatable bonds is 4. The fourth-order valence-corrected chi connectivity index (χ4v) is 2.57. The van der Waals surface area contributed by atoms with E-state index in [1.54, 1.807) is 0 Å². The summed E-state index contributed by atoms with van der Waals surface area (Å²) in [4.78, 5) is 0. The molecular weight excluding hydrogens is 250 g/mol. The highest BCUT2D eigenvalue weighted by atomic mass is 35.5. The second kappa shape index (κ2) is 6.30. The van der Waals surface area contributed by atoms with Crippen molar-refractivity contribution < 1.29 is 9.47 Å². The van der Waals surface area contributed by atoms with Crippen molar-refractivity contribution >= 4 is 11.6 Å². The topological polar surface area (TPSA) is 44.5 Å². The largest absolute Gasteiger partial charge is 0.489 e. The van der Waals surface area contributed by atoms with Gasteiger partial charge in [-0.2, -0.15) is 0 Å². The molecule has 0 spiro atoms. The number of halogens is 1. The summed E-state index contributed by atoms with van der Waals surface area (Å²) in [6, 6.07) is 2.00. The molecule has 0 atom stereocenters. The zero-order valence-corrected chi connectivity index (χ0v) is 11.6. The maximum atomic E-state index is 6.29. The van der Waals surface area contributed by atoms with Crippen LogP contribution in [0.15, 0.2) is 6.07 Å². The molecule has 1 aliphatic rings. The summed E-state index contributed by atoms with van der Waals surface area (Å²) < 4.78 is 11.5. The average Bonchev–Trinajstić information content (AvgIpc) is 2.62. The third-order valence-corrected chi connectivity index (χ3v) is 3.45. The highest BCUT2D eigenvalue weighted by Gasteiger charge is 2.20. The Balaban J connectivity index is 2.43. The van der Waals surface area contributed by atoms with Crippen LogP contribution in [0.25, 0.3) is 0 Å². The third-order valence-electron chi connectivity index (χ3n) is 3.17. The van der Waals surface area contributed by atoms with Gasteiger partial charge in [-0.25, -0.2) is 0 Å². The third kappa shape index (κ3) is 2.73. The van der Waals surface area contributed by atoms with Crippen LogP contribution in [0.3, 0.4) is 0 Å². The van der Waals surface area contributed by atoms with Crippen molar-refractivity contribution in [1.29, 1.82) is 0 Å². The van der Waals surface area contributed by atoms with Gasteiger partial charge in [0.05, 0.1) is 18.2 Å². The first-order chi connectivity index (χ1) is 8.77. The van der Waals surface area contributed by atoms with E-state index in [1.165, 1.54) is 11.1 Å². The van der Waals surface area contributed by atoms with Crippen molar-refractivity contribution in [2.75, 3.05) is 19.8 Å². The fraction of sp³-hybridized carbons (Fsp3) is 0.571. The molecule has 0 saturated carbocycles. The van der Waals surface area contributed by atoms with Gasteiger partial charge in [0.1, 0.15) is 0 Å². The van der Waals surface area contributed by atoms with E-state index in [0.717, 1.165) is 31.4 Å². The van der Waals surface area contributed by atoms with Gasteiger partial charge in [0.2, 0.25) is 0 Å². The Kier molecular flexibility index (Phi) is 4.72. The molecule has 0 amide bonds. The monoisotopic (exact) mass is 269 g/mol. The number of aryl methyl sites for hydroxylation is 1. The van der Waals surface area contributed by atoms with Crippen LogP contribution in [0, 0.1) is 0 Å². The van der Waals surface area contributed by atoms with Gasteiger partial charge < -0.3 is 15.2 Å². The Bertz CT molecular complexity index is 421. The van der Waals surface area contributed by atoms with Gasteiger partial charge in [0.15, 0.2) is 11.5 Å². The Hall–Kier alpha value is -0.930. The molecule has 1 aliphatic heterocycles. The highest BCUT2D eigenvalue weighted by Crippen LogP contribution is 2.42. The number of hydrogen-bond donors (Lipinski definition) is 1. The van der Waals surface area contributed by atoms with Crippen molar-refractivity contribution in [2.45, 2.75) is 32.6 Å². The molecule has 18 heavy (non-hydrogen) atoms. The number of ether oxygens (including phenoxy) is 2. The van der Waals surface area contributed by atoms with Gasteiger partial charge in [-0.3, -0.25) is 0 Å². The molecule has 0 aromatic heterocycles. The van der Waals surface area contributed by atoms with E-state index in [2.05, 4.69) is 6.92 Å². The number of hydrogen-bond acceptors (Lipinski definition) is 3. The molecule has 2 N–H and O–H groups in total. The maximum Gasteiger partial charge on any atom is 0.180 e. The summed E-state index contributed by atoms with van der Waals surface area (Å²) in [7, 11) is 0. The Morgan fingerprint density at radius 3 is 2.67 bits per heavy atom. The van der Waals surface area contributed by atoms with E-state index in [-0.39, 0.29) is 0 Å². The van der Waals surface area contributed by atoms with Gasteiger partial charge in [-0.1, -0.05) is 18.5 Å².